The van der Waals surface area contributed by atoms with E-state index in [1.165, 1.54) is 16.2 Å². The van der Waals surface area contributed by atoms with E-state index in [1.807, 2.05) is 12.1 Å². The highest BCUT2D eigenvalue weighted by Gasteiger charge is 2.12. The highest BCUT2D eigenvalue weighted by atomic mass is 35.5. The van der Waals surface area contributed by atoms with Crippen LogP contribution in [0.5, 0.6) is 0 Å². The molecule has 2 aromatic rings. The van der Waals surface area contributed by atoms with Crippen LogP contribution in [0.1, 0.15) is 27.0 Å². The molecule has 88 valence electrons. The van der Waals surface area contributed by atoms with Crippen molar-refractivity contribution in [2.75, 3.05) is 0 Å². The van der Waals surface area contributed by atoms with Gasteiger partial charge in [0.25, 0.3) is 0 Å². The van der Waals surface area contributed by atoms with Crippen LogP contribution < -0.4 is 0 Å². The third-order valence-corrected chi connectivity index (χ3v) is 4.02. The van der Waals surface area contributed by atoms with Crippen molar-refractivity contribution in [3.63, 3.8) is 0 Å². The van der Waals surface area contributed by atoms with Gasteiger partial charge in [0.2, 0.25) is 5.78 Å². The van der Waals surface area contributed by atoms with Gasteiger partial charge in [0.1, 0.15) is 0 Å². The molecular weight excluding hydrogens is 275 g/mol. The first-order valence-electron chi connectivity index (χ1n) is 5.19. The Morgan fingerprint density at radius 1 is 1.18 bits per heavy atom. The molecule has 1 aromatic heterocycles. The predicted molar refractivity (Wildman–Crippen MR) is 73.6 cm³/mol. The summed E-state index contributed by atoms with van der Waals surface area (Å²) in [4.78, 5) is 14.1. The van der Waals surface area contributed by atoms with Gasteiger partial charge in [0, 0.05) is 20.5 Å². The molecule has 0 saturated carbocycles. The molecule has 1 nitrogen and oxygen atoms in total. The Balaban J connectivity index is 2.36. The molecule has 0 unspecified atom stereocenters. The number of carbonyl (C=O) groups is 1. The zero-order valence-corrected chi connectivity index (χ0v) is 11.5. The van der Waals surface area contributed by atoms with Crippen LogP contribution in [0.15, 0.2) is 30.3 Å². The van der Waals surface area contributed by atoms with Crippen molar-refractivity contribution in [1.29, 1.82) is 0 Å². The van der Waals surface area contributed by atoms with E-state index in [9.17, 15) is 4.79 Å². The van der Waals surface area contributed by atoms with Crippen molar-refractivity contribution in [1.82, 2.24) is 0 Å². The van der Waals surface area contributed by atoms with Gasteiger partial charge in [0.15, 0.2) is 0 Å². The van der Waals surface area contributed by atoms with Crippen molar-refractivity contribution in [3.8, 4) is 0 Å². The van der Waals surface area contributed by atoms with Gasteiger partial charge in [-0.25, -0.2) is 0 Å². The lowest BCUT2D eigenvalue weighted by atomic mass is 10.1. The molecule has 0 bridgehead atoms. The molecule has 0 fully saturated rings. The van der Waals surface area contributed by atoms with Crippen LogP contribution in [-0.4, -0.2) is 5.78 Å². The number of aryl methyl sites for hydroxylation is 1. The van der Waals surface area contributed by atoms with E-state index in [0.717, 1.165) is 11.3 Å². The Morgan fingerprint density at radius 3 is 2.35 bits per heavy atom. The second-order valence-corrected chi connectivity index (χ2v) is 5.65. The van der Waals surface area contributed by atoms with Crippen LogP contribution in [0.4, 0.5) is 0 Å². The number of rotatable bonds is 3. The third kappa shape index (κ3) is 2.89. The Bertz CT molecular complexity index is 540. The smallest absolute Gasteiger partial charge is 0.203 e. The summed E-state index contributed by atoms with van der Waals surface area (Å²) in [6.07, 6.45) is 0.939. The van der Waals surface area contributed by atoms with Crippen molar-refractivity contribution >= 4 is 40.3 Å². The molecule has 0 atom stereocenters. The summed E-state index contributed by atoms with van der Waals surface area (Å²) >= 11 is 13.3. The van der Waals surface area contributed by atoms with Crippen LogP contribution in [0.25, 0.3) is 0 Å². The van der Waals surface area contributed by atoms with E-state index in [1.54, 1.807) is 18.2 Å². The molecule has 4 heteroatoms. The van der Waals surface area contributed by atoms with Crippen LogP contribution in [-0.2, 0) is 6.42 Å². The summed E-state index contributed by atoms with van der Waals surface area (Å²) in [6, 6.07) is 8.72. The molecule has 0 aliphatic heterocycles. The number of hydrogen-bond donors (Lipinski definition) is 0. The van der Waals surface area contributed by atoms with Gasteiger partial charge < -0.3 is 0 Å². The van der Waals surface area contributed by atoms with Gasteiger partial charge in [0.05, 0.1) is 4.88 Å². The van der Waals surface area contributed by atoms with Gasteiger partial charge in [-0.3, -0.25) is 4.79 Å². The van der Waals surface area contributed by atoms with Gasteiger partial charge in [-0.05, 0) is 36.8 Å². The maximum atomic E-state index is 12.2. The van der Waals surface area contributed by atoms with Gasteiger partial charge >= 0.3 is 0 Å². The second kappa shape index (κ2) is 5.21. The second-order valence-electron chi connectivity index (χ2n) is 3.61. The normalized spacial score (nSPS) is 10.5. The minimum Gasteiger partial charge on any atom is -0.288 e. The van der Waals surface area contributed by atoms with Crippen LogP contribution in [0, 0.1) is 0 Å². The van der Waals surface area contributed by atoms with Crippen LogP contribution in [0.3, 0.4) is 0 Å². The lowest BCUT2D eigenvalue weighted by Gasteiger charge is -2.00. The summed E-state index contributed by atoms with van der Waals surface area (Å²) in [5, 5.41) is 0.959. The van der Waals surface area contributed by atoms with Crippen molar-refractivity contribution in [2.24, 2.45) is 0 Å². The molecule has 0 radical (unpaired) electrons. The molecule has 1 aromatic carbocycles. The zero-order valence-electron chi connectivity index (χ0n) is 9.17. The molecule has 0 aliphatic rings. The number of thiophene rings is 1. The van der Waals surface area contributed by atoms with Gasteiger partial charge in [-0.15, -0.1) is 11.3 Å². The van der Waals surface area contributed by atoms with E-state index in [4.69, 9.17) is 23.2 Å². The van der Waals surface area contributed by atoms with E-state index >= 15 is 0 Å². The standard InChI is InChI=1S/C13H10Cl2OS/c1-2-11-3-4-12(17-11)13(16)8-5-9(14)7-10(15)6-8/h3-7H,2H2,1H3. The summed E-state index contributed by atoms with van der Waals surface area (Å²) in [5.74, 6) is -0.0286. The monoisotopic (exact) mass is 284 g/mol. The molecule has 0 saturated heterocycles. The number of hydrogen-bond acceptors (Lipinski definition) is 2. The van der Waals surface area contributed by atoms with E-state index in [2.05, 4.69) is 6.92 Å². The molecule has 1 heterocycles. The average molecular weight is 285 g/mol. The molecular formula is C13H10Cl2OS. The van der Waals surface area contributed by atoms with Crippen molar-refractivity contribution in [3.05, 3.63) is 55.7 Å². The topological polar surface area (TPSA) is 17.1 Å². The number of benzene rings is 1. The summed E-state index contributed by atoms with van der Waals surface area (Å²) in [5.41, 5.74) is 0.534. The maximum Gasteiger partial charge on any atom is 0.203 e. The fourth-order valence-corrected chi connectivity index (χ4v) is 2.95. The number of ketones is 1. The Morgan fingerprint density at radius 2 is 1.82 bits per heavy atom. The van der Waals surface area contributed by atoms with Crippen LogP contribution >= 0.6 is 34.5 Å². The summed E-state index contributed by atoms with van der Waals surface area (Å²) in [6.45, 7) is 2.07. The molecule has 0 spiro atoms. The van der Waals surface area contributed by atoms with E-state index < -0.39 is 0 Å². The zero-order chi connectivity index (χ0) is 12.4. The Labute approximate surface area is 114 Å². The van der Waals surface area contributed by atoms with Gasteiger partial charge in [-0.2, -0.15) is 0 Å². The Hall–Kier alpha value is -0.830. The molecule has 17 heavy (non-hydrogen) atoms. The SMILES string of the molecule is CCc1ccc(C(=O)c2cc(Cl)cc(Cl)c2)s1. The highest BCUT2D eigenvalue weighted by Crippen LogP contribution is 2.24. The maximum absolute atomic E-state index is 12.2. The first-order chi connectivity index (χ1) is 8.10. The van der Waals surface area contributed by atoms with E-state index in [0.29, 0.717) is 15.6 Å². The Kier molecular flexibility index (Phi) is 3.87. The fourth-order valence-electron chi connectivity index (χ4n) is 1.52. The lowest BCUT2D eigenvalue weighted by molar-refractivity contribution is 0.104. The van der Waals surface area contributed by atoms with Crippen molar-refractivity contribution in [2.45, 2.75) is 13.3 Å². The quantitative estimate of drug-likeness (QED) is 0.737. The van der Waals surface area contributed by atoms with Crippen molar-refractivity contribution < 1.29 is 4.79 Å². The third-order valence-electron chi connectivity index (χ3n) is 2.36. The van der Waals surface area contributed by atoms with E-state index in [-0.39, 0.29) is 5.78 Å². The largest absolute Gasteiger partial charge is 0.288 e. The minimum absolute atomic E-state index is 0.0286. The average Bonchev–Trinajstić information content (AvgIpc) is 2.75. The van der Waals surface area contributed by atoms with Gasteiger partial charge in [-0.1, -0.05) is 30.1 Å². The number of halogens is 2. The summed E-state index contributed by atoms with van der Waals surface area (Å²) in [7, 11) is 0. The molecule has 0 amide bonds. The fraction of sp³-hybridized carbons (Fsp3) is 0.154. The minimum atomic E-state index is -0.0286. The molecule has 0 N–H and O–H groups in total. The predicted octanol–water partition coefficient (Wildman–Crippen LogP) is 4.85. The first kappa shape index (κ1) is 12.6. The highest BCUT2D eigenvalue weighted by molar-refractivity contribution is 7.14. The summed E-state index contributed by atoms with van der Waals surface area (Å²) < 4.78 is 0. The molecule has 2 rings (SSSR count). The molecule has 0 aliphatic carbocycles. The first-order valence-corrected chi connectivity index (χ1v) is 6.77. The lowest BCUT2D eigenvalue weighted by Crippen LogP contribution is -1.98. The number of carbonyl (C=O) groups excluding carboxylic acids is 1. The van der Waals surface area contributed by atoms with Crippen LogP contribution in [0.2, 0.25) is 10.0 Å².